The van der Waals surface area contributed by atoms with Crippen LogP contribution in [0, 0.1) is 18.8 Å². The number of aromatic nitrogens is 1. The van der Waals surface area contributed by atoms with E-state index < -0.39 is 0 Å². The number of aryl methyl sites for hydroxylation is 1. The van der Waals surface area contributed by atoms with Gasteiger partial charge in [-0.25, -0.2) is 0 Å². The zero-order valence-corrected chi connectivity index (χ0v) is 15.7. The number of rotatable bonds is 6. The standard InChI is InChI=1S/C20H22ClN3O2/c1-13-3-4-15(11-18(13)21)23-19(25)16-12-17(16)20(26)24(2)10-7-14-5-8-22-9-6-14/h3-6,8-9,11,16-17H,7,10,12H2,1-2H3,(H,23,25). The van der Waals surface area contributed by atoms with Gasteiger partial charge in [-0.3, -0.25) is 14.6 Å². The van der Waals surface area contributed by atoms with Crippen molar-refractivity contribution in [3.8, 4) is 0 Å². The van der Waals surface area contributed by atoms with Crippen molar-refractivity contribution >= 4 is 29.1 Å². The lowest BCUT2D eigenvalue weighted by molar-refractivity contribution is -0.132. The lowest BCUT2D eigenvalue weighted by Gasteiger charge is -2.17. The highest BCUT2D eigenvalue weighted by atomic mass is 35.5. The van der Waals surface area contributed by atoms with Gasteiger partial charge in [0.05, 0.1) is 11.8 Å². The Morgan fingerprint density at radius 3 is 2.65 bits per heavy atom. The molecule has 0 saturated heterocycles. The van der Waals surface area contributed by atoms with Gasteiger partial charge in [0.15, 0.2) is 0 Å². The summed E-state index contributed by atoms with van der Waals surface area (Å²) in [7, 11) is 1.79. The number of carbonyl (C=O) groups is 2. The first-order chi connectivity index (χ1) is 12.5. The Morgan fingerprint density at radius 1 is 1.23 bits per heavy atom. The first kappa shape index (κ1) is 18.4. The third kappa shape index (κ3) is 4.41. The fraction of sp³-hybridized carbons (Fsp3) is 0.350. The second-order valence-corrected chi connectivity index (χ2v) is 7.17. The van der Waals surface area contributed by atoms with Crippen LogP contribution in [0.5, 0.6) is 0 Å². The molecule has 5 nitrogen and oxygen atoms in total. The summed E-state index contributed by atoms with van der Waals surface area (Å²) in [5, 5.41) is 3.47. The van der Waals surface area contributed by atoms with Gasteiger partial charge in [-0.2, -0.15) is 0 Å². The molecule has 2 unspecified atom stereocenters. The summed E-state index contributed by atoms with van der Waals surface area (Å²) in [6, 6.07) is 9.30. The van der Waals surface area contributed by atoms with E-state index in [2.05, 4.69) is 10.3 Å². The SMILES string of the molecule is Cc1ccc(NC(=O)C2CC2C(=O)N(C)CCc2ccncc2)cc1Cl. The number of hydrogen-bond donors (Lipinski definition) is 1. The van der Waals surface area contributed by atoms with Gasteiger partial charge in [0, 0.05) is 36.7 Å². The molecule has 2 aromatic rings. The van der Waals surface area contributed by atoms with Gasteiger partial charge < -0.3 is 10.2 Å². The van der Waals surface area contributed by atoms with E-state index in [4.69, 9.17) is 11.6 Å². The van der Waals surface area contributed by atoms with E-state index >= 15 is 0 Å². The van der Waals surface area contributed by atoms with Crippen LogP contribution in [0.3, 0.4) is 0 Å². The molecule has 136 valence electrons. The molecule has 1 saturated carbocycles. The monoisotopic (exact) mass is 371 g/mol. The molecule has 2 atom stereocenters. The maximum atomic E-state index is 12.5. The lowest BCUT2D eigenvalue weighted by atomic mass is 10.2. The number of nitrogens with one attached hydrogen (secondary N) is 1. The van der Waals surface area contributed by atoms with Crippen LogP contribution < -0.4 is 5.32 Å². The first-order valence-electron chi connectivity index (χ1n) is 8.66. The van der Waals surface area contributed by atoms with E-state index in [0.717, 1.165) is 17.5 Å². The molecule has 1 heterocycles. The van der Waals surface area contributed by atoms with Crippen LogP contribution in [0.1, 0.15) is 17.5 Å². The zero-order chi connectivity index (χ0) is 18.7. The number of halogens is 1. The van der Waals surface area contributed by atoms with Gasteiger partial charge in [-0.05, 0) is 55.2 Å². The Morgan fingerprint density at radius 2 is 1.96 bits per heavy atom. The molecule has 0 radical (unpaired) electrons. The number of anilines is 1. The number of pyridine rings is 1. The minimum absolute atomic E-state index is 0.0288. The average Bonchev–Trinajstić information content (AvgIpc) is 3.44. The summed E-state index contributed by atoms with van der Waals surface area (Å²) in [5.74, 6) is -0.573. The van der Waals surface area contributed by atoms with Crippen molar-refractivity contribution in [2.45, 2.75) is 19.8 Å². The van der Waals surface area contributed by atoms with Gasteiger partial charge in [-0.15, -0.1) is 0 Å². The smallest absolute Gasteiger partial charge is 0.228 e. The van der Waals surface area contributed by atoms with Crippen molar-refractivity contribution in [1.82, 2.24) is 9.88 Å². The van der Waals surface area contributed by atoms with Crippen LogP contribution in [0.25, 0.3) is 0 Å². The van der Waals surface area contributed by atoms with E-state index in [1.807, 2.05) is 31.2 Å². The summed E-state index contributed by atoms with van der Waals surface area (Å²) < 4.78 is 0. The molecule has 1 aromatic carbocycles. The molecule has 1 fully saturated rings. The molecular weight excluding hydrogens is 350 g/mol. The van der Waals surface area contributed by atoms with E-state index in [1.54, 1.807) is 30.4 Å². The van der Waals surface area contributed by atoms with Crippen molar-refractivity contribution in [3.05, 3.63) is 58.9 Å². The Kier molecular flexibility index (Phi) is 5.57. The van der Waals surface area contributed by atoms with E-state index in [1.165, 1.54) is 0 Å². The maximum absolute atomic E-state index is 12.5. The Labute approximate surface area is 158 Å². The Bertz CT molecular complexity index is 810. The van der Waals surface area contributed by atoms with Crippen molar-refractivity contribution in [2.24, 2.45) is 11.8 Å². The summed E-state index contributed by atoms with van der Waals surface area (Å²) >= 11 is 6.08. The predicted octanol–water partition coefficient (Wildman–Crippen LogP) is 3.32. The number of amides is 2. The van der Waals surface area contributed by atoms with Crippen LogP contribution >= 0.6 is 11.6 Å². The predicted molar refractivity (Wildman–Crippen MR) is 102 cm³/mol. The van der Waals surface area contributed by atoms with Gasteiger partial charge in [0.1, 0.15) is 0 Å². The summed E-state index contributed by atoms with van der Waals surface area (Å²) in [6.07, 6.45) is 4.87. The highest BCUT2D eigenvalue weighted by Crippen LogP contribution is 2.40. The second kappa shape index (κ2) is 7.87. The molecule has 6 heteroatoms. The van der Waals surface area contributed by atoms with Gasteiger partial charge >= 0.3 is 0 Å². The average molecular weight is 372 g/mol. The molecule has 1 N–H and O–H groups in total. The second-order valence-electron chi connectivity index (χ2n) is 6.77. The van der Waals surface area contributed by atoms with E-state index in [0.29, 0.717) is 23.7 Å². The Balaban J connectivity index is 1.49. The molecular formula is C20H22ClN3O2. The molecule has 2 amide bonds. The van der Waals surface area contributed by atoms with Gasteiger partial charge in [0.25, 0.3) is 0 Å². The Hall–Kier alpha value is -2.40. The quantitative estimate of drug-likeness (QED) is 0.847. The van der Waals surface area contributed by atoms with Crippen molar-refractivity contribution < 1.29 is 9.59 Å². The van der Waals surface area contributed by atoms with Crippen LogP contribution in [0.2, 0.25) is 5.02 Å². The molecule has 3 rings (SSSR count). The molecule has 0 bridgehead atoms. The summed E-state index contributed by atoms with van der Waals surface area (Å²) in [6.45, 7) is 2.53. The van der Waals surface area contributed by atoms with Crippen LogP contribution in [-0.2, 0) is 16.0 Å². The third-order valence-electron chi connectivity index (χ3n) is 4.75. The van der Waals surface area contributed by atoms with Crippen LogP contribution in [0.15, 0.2) is 42.7 Å². The van der Waals surface area contributed by atoms with E-state index in [9.17, 15) is 9.59 Å². The van der Waals surface area contributed by atoms with Crippen LogP contribution in [-0.4, -0.2) is 35.3 Å². The fourth-order valence-electron chi connectivity index (χ4n) is 2.90. The third-order valence-corrected chi connectivity index (χ3v) is 5.15. The van der Waals surface area contributed by atoms with Gasteiger partial charge in [0.2, 0.25) is 11.8 Å². The maximum Gasteiger partial charge on any atom is 0.228 e. The highest BCUT2D eigenvalue weighted by molar-refractivity contribution is 6.31. The number of benzene rings is 1. The lowest BCUT2D eigenvalue weighted by Crippen LogP contribution is -2.31. The molecule has 1 aliphatic carbocycles. The van der Waals surface area contributed by atoms with Crippen LogP contribution in [0.4, 0.5) is 5.69 Å². The molecule has 0 aliphatic heterocycles. The number of likely N-dealkylation sites (N-methyl/N-ethyl adjacent to an activating group) is 1. The molecule has 26 heavy (non-hydrogen) atoms. The first-order valence-corrected chi connectivity index (χ1v) is 9.04. The normalized spacial score (nSPS) is 18.3. The van der Waals surface area contributed by atoms with Gasteiger partial charge in [-0.1, -0.05) is 17.7 Å². The van der Waals surface area contributed by atoms with E-state index in [-0.39, 0.29) is 23.7 Å². The summed E-state index contributed by atoms with van der Waals surface area (Å²) in [4.78, 5) is 30.6. The molecule has 1 aromatic heterocycles. The van der Waals surface area contributed by atoms with Crippen molar-refractivity contribution in [2.75, 3.05) is 18.9 Å². The molecule has 0 spiro atoms. The number of nitrogens with zero attached hydrogens (tertiary/aromatic N) is 2. The zero-order valence-electron chi connectivity index (χ0n) is 14.9. The minimum Gasteiger partial charge on any atom is -0.345 e. The number of hydrogen-bond acceptors (Lipinski definition) is 3. The number of carbonyl (C=O) groups excluding carboxylic acids is 2. The van der Waals surface area contributed by atoms with Crippen molar-refractivity contribution in [1.29, 1.82) is 0 Å². The highest BCUT2D eigenvalue weighted by Gasteiger charge is 2.49. The largest absolute Gasteiger partial charge is 0.345 e. The molecule has 1 aliphatic rings. The van der Waals surface area contributed by atoms with Crippen molar-refractivity contribution in [3.63, 3.8) is 0 Å². The summed E-state index contributed by atoms with van der Waals surface area (Å²) in [5.41, 5.74) is 2.76. The minimum atomic E-state index is -0.258. The fourth-order valence-corrected chi connectivity index (χ4v) is 3.08. The topological polar surface area (TPSA) is 62.3 Å².